The van der Waals surface area contributed by atoms with Crippen molar-refractivity contribution in [2.75, 3.05) is 5.08 Å². The summed E-state index contributed by atoms with van der Waals surface area (Å²) in [5, 5.41) is 11.2. The number of hydrogen-bond donors (Lipinski definition) is 0. The standard InChI is InChI=1S/C13H12O2S4/c14-18(7-3-12-1-5-16-9-12)11-19(15)8-4-13-2-6-17-10-13/h1-10H,11H2/b7-3+,8-4+. The number of rotatable bonds is 6. The Bertz CT molecular complexity index is 469. The zero-order chi connectivity index (χ0) is 13.5. The topological polar surface area (TPSA) is 46.1 Å². The molecule has 2 rings (SSSR count). The van der Waals surface area contributed by atoms with Crippen molar-refractivity contribution in [3.8, 4) is 0 Å². The lowest BCUT2D eigenvalue weighted by Crippen LogP contribution is -2.11. The second-order valence-electron chi connectivity index (χ2n) is 3.60. The molecule has 6 heteroatoms. The van der Waals surface area contributed by atoms with Crippen LogP contribution in [-0.4, -0.2) is 14.2 Å². The number of thiophene rings is 2. The lowest BCUT2D eigenvalue weighted by atomic mass is 10.3. The molecular formula is C13H12O2S4. The van der Waals surface area contributed by atoms with Crippen LogP contribution in [0.5, 0.6) is 0 Å². The zero-order valence-electron chi connectivity index (χ0n) is 9.93. The molecule has 2 aromatic heterocycles. The van der Waals surface area contributed by atoms with Crippen molar-refractivity contribution in [1.82, 2.24) is 0 Å². The molecule has 2 atom stereocenters. The average molecular weight is 329 g/mol. The van der Waals surface area contributed by atoms with Gasteiger partial charge in [-0.15, -0.1) is 0 Å². The van der Waals surface area contributed by atoms with Gasteiger partial charge in [-0.05, 0) is 56.9 Å². The highest BCUT2D eigenvalue weighted by molar-refractivity contribution is 8.10. The summed E-state index contributed by atoms with van der Waals surface area (Å²) in [6, 6.07) is 3.90. The molecule has 0 aromatic carbocycles. The highest BCUT2D eigenvalue weighted by atomic mass is 32.3. The van der Waals surface area contributed by atoms with Crippen LogP contribution in [0.1, 0.15) is 11.1 Å². The second-order valence-corrected chi connectivity index (χ2v) is 8.17. The molecule has 0 amide bonds. The van der Waals surface area contributed by atoms with Gasteiger partial charge in [-0.1, -0.05) is 0 Å². The van der Waals surface area contributed by atoms with E-state index in [-0.39, 0.29) is 5.08 Å². The Morgan fingerprint density at radius 1 is 0.895 bits per heavy atom. The summed E-state index contributed by atoms with van der Waals surface area (Å²) < 4.78 is 23.4. The maximum Gasteiger partial charge on any atom is 0.262 e. The van der Waals surface area contributed by atoms with Gasteiger partial charge in [-0.3, -0.25) is 0 Å². The third-order valence-corrected chi connectivity index (χ3v) is 6.28. The van der Waals surface area contributed by atoms with Crippen LogP contribution in [0.3, 0.4) is 0 Å². The summed E-state index contributed by atoms with van der Waals surface area (Å²) in [4.78, 5) is 0. The molecule has 2 nitrogen and oxygen atoms in total. The van der Waals surface area contributed by atoms with Gasteiger partial charge >= 0.3 is 0 Å². The van der Waals surface area contributed by atoms with Gasteiger partial charge in [0.1, 0.15) is 10.8 Å². The molecule has 2 heterocycles. The van der Waals surface area contributed by atoms with Crippen LogP contribution in [0.15, 0.2) is 44.5 Å². The Kier molecular flexibility index (Phi) is 6.22. The first-order chi connectivity index (χ1) is 9.24. The van der Waals surface area contributed by atoms with Crippen molar-refractivity contribution in [1.29, 1.82) is 0 Å². The summed E-state index contributed by atoms with van der Waals surface area (Å²) in [7, 11) is 0. The van der Waals surface area contributed by atoms with Crippen LogP contribution in [0.25, 0.3) is 12.2 Å². The first-order valence-corrected chi connectivity index (χ1v) is 10.0. The second kappa shape index (κ2) is 7.94. The van der Waals surface area contributed by atoms with E-state index in [4.69, 9.17) is 0 Å². The average Bonchev–Trinajstić information content (AvgIpc) is 3.07. The summed E-state index contributed by atoms with van der Waals surface area (Å²) in [5.41, 5.74) is 2.05. The Hall–Kier alpha value is -0.500. The summed E-state index contributed by atoms with van der Waals surface area (Å²) >= 11 is 0.767. The molecule has 0 saturated heterocycles. The molecule has 2 aromatic rings. The van der Waals surface area contributed by atoms with E-state index >= 15 is 0 Å². The molecule has 0 spiro atoms. The van der Waals surface area contributed by atoms with Gasteiger partial charge in [-0.2, -0.15) is 22.7 Å². The first-order valence-electron chi connectivity index (χ1n) is 5.39. The van der Waals surface area contributed by atoms with E-state index in [0.717, 1.165) is 11.1 Å². The van der Waals surface area contributed by atoms with E-state index in [0.29, 0.717) is 0 Å². The molecule has 0 N–H and O–H groups in total. The van der Waals surface area contributed by atoms with Gasteiger partial charge in [0.25, 0.3) is 5.08 Å². The SMILES string of the molecule is [O-][S+](/C=C/c1ccsc1)C[S+]([O-])/C=C/c1ccsc1. The smallest absolute Gasteiger partial charge is 0.262 e. The van der Waals surface area contributed by atoms with Gasteiger partial charge < -0.3 is 9.11 Å². The Morgan fingerprint density at radius 2 is 1.37 bits per heavy atom. The predicted octanol–water partition coefficient (Wildman–Crippen LogP) is 3.91. The van der Waals surface area contributed by atoms with Crippen molar-refractivity contribution in [2.45, 2.75) is 0 Å². The minimum atomic E-state index is -1.21. The van der Waals surface area contributed by atoms with Gasteiger partial charge in [0.15, 0.2) is 0 Å². The lowest BCUT2D eigenvalue weighted by Gasteiger charge is -2.07. The largest absolute Gasteiger partial charge is 0.608 e. The molecular weight excluding hydrogens is 316 g/mol. The molecule has 0 saturated carbocycles. The summed E-state index contributed by atoms with van der Waals surface area (Å²) in [6.07, 6.45) is 3.60. The molecule has 0 aliphatic carbocycles. The van der Waals surface area contributed by atoms with Crippen molar-refractivity contribution in [3.05, 3.63) is 55.6 Å². The van der Waals surface area contributed by atoms with Gasteiger partial charge in [0.2, 0.25) is 0 Å². The van der Waals surface area contributed by atoms with Crippen LogP contribution >= 0.6 is 22.7 Å². The maximum absolute atomic E-state index is 11.7. The lowest BCUT2D eigenvalue weighted by molar-refractivity contribution is 0.596. The van der Waals surface area contributed by atoms with Crippen molar-refractivity contribution < 1.29 is 9.11 Å². The monoisotopic (exact) mass is 328 g/mol. The van der Waals surface area contributed by atoms with Gasteiger partial charge in [-0.25, -0.2) is 0 Å². The minimum absolute atomic E-state index is 0.140. The Morgan fingerprint density at radius 3 is 1.74 bits per heavy atom. The zero-order valence-corrected chi connectivity index (χ0v) is 13.2. The van der Waals surface area contributed by atoms with E-state index < -0.39 is 22.4 Å². The van der Waals surface area contributed by atoms with Crippen LogP contribution in [0.2, 0.25) is 0 Å². The Labute approximate surface area is 126 Å². The molecule has 0 aliphatic rings. The fourth-order valence-electron chi connectivity index (χ4n) is 1.24. The fraction of sp³-hybridized carbons (Fsp3) is 0.0769. The molecule has 2 unspecified atom stereocenters. The molecule has 0 fully saturated rings. The van der Waals surface area contributed by atoms with Crippen molar-refractivity contribution in [2.24, 2.45) is 0 Å². The Balaban J connectivity index is 1.80. The van der Waals surface area contributed by atoms with Gasteiger partial charge in [0.05, 0.1) is 0 Å². The normalized spacial score (nSPS) is 15.3. The highest BCUT2D eigenvalue weighted by Gasteiger charge is 2.11. The third kappa shape index (κ3) is 5.56. The van der Waals surface area contributed by atoms with Crippen LogP contribution in [0, 0.1) is 0 Å². The van der Waals surface area contributed by atoms with E-state index in [1.54, 1.807) is 45.6 Å². The molecule has 100 valence electrons. The van der Waals surface area contributed by atoms with E-state index in [2.05, 4.69) is 0 Å². The maximum atomic E-state index is 11.7. The van der Waals surface area contributed by atoms with Crippen LogP contribution < -0.4 is 0 Å². The molecule has 0 aliphatic heterocycles. The molecule has 0 radical (unpaired) electrons. The third-order valence-electron chi connectivity index (χ3n) is 2.14. The van der Waals surface area contributed by atoms with Crippen molar-refractivity contribution >= 4 is 57.2 Å². The number of hydrogen-bond acceptors (Lipinski definition) is 4. The van der Waals surface area contributed by atoms with E-state index in [1.807, 2.05) is 33.7 Å². The first kappa shape index (κ1) is 14.9. The van der Waals surface area contributed by atoms with Crippen LogP contribution in [0.4, 0.5) is 0 Å². The van der Waals surface area contributed by atoms with E-state index in [1.165, 1.54) is 0 Å². The summed E-state index contributed by atoms with van der Waals surface area (Å²) in [6.45, 7) is 0. The molecule has 19 heavy (non-hydrogen) atoms. The highest BCUT2D eigenvalue weighted by Crippen LogP contribution is 2.12. The quantitative estimate of drug-likeness (QED) is 0.755. The predicted molar refractivity (Wildman–Crippen MR) is 87.9 cm³/mol. The van der Waals surface area contributed by atoms with Crippen LogP contribution in [-0.2, 0) is 22.4 Å². The van der Waals surface area contributed by atoms with Crippen molar-refractivity contribution in [3.63, 3.8) is 0 Å². The fourth-order valence-corrected chi connectivity index (χ4v) is 4.66. The minimum Gasteiger partial charge on any atom is -0.608 e. The summed E-state index contributed by atoms with van der Waals surface area (Å²) in [5.74, 6) is 0. The van der Waals surface area contributed by atoms with E-state index in [9.17, 15) is 9.11 Å². The molecule has 0 bridgehead atoms. The van der Waals surface area contributed by atoms with Gasteiger partial charge in [0, 0.05) is 22.4 Å².